The Morgan fingerprint density at radius 2 is 2.17 bits per heavy atom. The molecule has 1 aliphatic heterocycles. The highest BCUT2D eigenvalue weighted by Gasteiger charge is 2.28. The van der Waals surface area contributed by atoms with E-state index in [9.17, 15) is 9.59 Å². The van der Waals surface area contributed by atoms with E-state index in [-0.39, 0.29) is 24.2 Å². The minimum absolute atomic E-state index is 0.0565. The number of para-hydroxylation sites is 1. The van der Waals surface area contributed by atoms with Gasteiger partial charge in [-0.15, -0.1) is 5.10 Å². The first-order valence-electron chi connectivity index (χ1n) is 7.35. The molecular formula is C15H15ClN4O4. The van der Waals surface area contributed by atoms with Gasteiger partial charge in [-0.1, -0.05) is 28.9 Å². The van der Waals surface area contributed by atoms with Gasteiger partial charge < -0.3 is 14.7 Å². The van der Waals surface area contributed by atoms with E-state index >= 15 is 0 Å². The Morgan fingerprint density at radius 1 is 1.38 bits per heavy atom. The maximum Gasteiger partial charge on any atom is 0.358 e. The van der Waals surface area contributed by atoms with Crippen molar-refractivity contribution in [2.45, 2.75) is 19.1 Å². The smallest absolute Gasteiger partial charge is 0.358 e. The number of aromatic carboxylic acids is 1. The van der Waals surface area contributed by atoms with E-state index in [0.717, 1.165) is 0 Å². The van der Waals surface area contributed by atoms with Crippen molar-refractivity contribution in [3.05, 3.63) is 41.2 Å². The van der Waals surface area contributed by atoms with Crippen LogP contribution in [0, 0.1) is 0 Å². The van der Waals surface area contributed by atoms with Gasteiger partial charge in [0.15, 0.2) is 5.69 Å². The van der Waals surface area contributed by atoms with Crippen molar-refractivity contribution < 1.29 is 19.4 Å². The molecule has 3 rings (SSSR count). The van der Waals surface area contributed by atoms with E-state index in [1.54, 1.807) is 17.0 Å². The number of likely N-dealkylation sites (tertiary alicyclic amines) is 1. The molecule has 0 aliphatic carbocycles. The third-order valence-electron chi connectivity index (χ3n) is 3.68. The monoisotopic (exact) mass is 350 g/mol. The molecule has 1 aromatic heterocycles. The highest BCUT2D eigenvalue weighted by Crippen LogP contribution is 2.26. The third kappa shape index (κ3) is 3.65. The van der Waals surface area contributed by atoms with Crippen LogP contribution in [0.2, 0.25) is 5.02 Å². The molecule has 2 aromatic rings. The molecule has 2 heterocycles. The molecule has 1 aromatic carbocycles. The van der Waals surface area contributed by atoms with Crippen LogP contribution < -0.4 is 4.74 Å². The van der Waals surface area contributed by atoms with E-state index in [4.69, 9.17) is 21.4 Å². The second-order valence-electron chi connectivity index (χ2n) is 5.41. The van der Waals surface area contributed by atoms with Gasteiger partial charge in [-0.25, -0.2) is 9.48 Å². The Balaban J connectivity index is 1.55. The molecule has 1 unspecified atom stereocenters. The maximum absolute atomic E-state index is 12.3. The van der Waals surface area contributed by atoms with E-state index in [0.29, 0.717) is 30.3 Å². The van der Waals surface area contributed by atoms with Gasteiger partial charge >= 0.3 is 5.97 Å². The Kier molecular flexibility index (Phi) is 4.66. The summed E-state index contributed by atoms with van der Waals surface area (Å²) in [6.07, 6.45) is 1.81. The Morgan fingerprint density at radius 3 is 2.88 bits per heavy atom. The summed E-state index contributed by atoms with van der Waals surface area (Å²) < 4.78 is 7.05. The summed E-state index contributed by atoms with van der Waals surface area (Å²) in [5.41, 5.74) is -0.191. The zero-order chi connectivity index (χ0) is 17.1. The van der Waals surface area contributed by atoms with Crippen LogP contribution in [0.4, 0.5) is 0 Å². The van der Waals surface area contributed by atoms with Crippen molar-refractivity contribution in [3.8, 4) is 5.75 Å². The molecule has 1 saturated heterocycles. The number of hydrogen-bond acceptors (Lipinski definition) is 5. The van der Waals surface area contributed by atoms with Gasteiger partial charge in [0.1, 0.15) is 18.4 Å². The molecule has 0 radical (unpaired) electrons. The van der Waals surface area contributed by atoms with Crippen LogP contribution >= 0.6 is 11.6 Å². The maximum atomic E-state index is 12.3. The number of halogens is 1. The molecular weight excluding hydrogens is 336 g/mol. The number of ether oxygens (including phenoxy) is 1. The highest BCUT2D eigenvalue weighted by molar-refractivity contribution is 6.32. The summed E-state index contributed by atoms with van der Waals surface area (Å²) in [5, 5.41) is 16.5. The number of rotatable bonds is 5. The lowest BCUT2D eigenvalue weighted by atomic mass is 10.3. The second kappa shape index (κ2) is 6.88. The van der Waals surface area contributed by atoms with Crippen LogP contribution in [-0.2, 0) is 11.3 Å². The van der Waals surface area contributed by atoms with Gasteiger partial charge in [-0.2, -0.15) is 0 Å². The molecule has 1 atom stereocenters. The van der Waals surface area contributed by atoms with Crippen molar-refractivity contribution in [2.24, 2.45) is 0 Å². The van der Waals surface area contributed by atoms with E-state index < -0.39 is 5.97 Å². The van der Waals surface area contributed by atoms with Crippen LogP contribution in [0.3, 0.4) is 0 Å². The van der Waals surface area contributed by atoms with Gasteiger partial charge in [-0.3, -0.25) is 4.79 Å². The van der Waals surface area contributed by atoms with Gasteiger partial charge in [-0.05, 0) is 12.1 Å². The second-order valence-corrected chi connectivity index (χ2v) is 5.81. The van der Waals surface area contributed by atoms with Crippen molar-refractivity contribution in [2.75, 3.05) is 13.1 Å². The Labute approximate surface area is 142 Å². The number of carboxylic acid groups (broad SMARTS) is 1. The van der Waals surface area contributed by atoms with Gasteiger partial charge in [0, 0.05) is 13.0 Å². The van der Waals surface area contributed by atoms with Crippen LogP contribution in [0.5, 0.6) is 5.75 Å². The number of carbonyl (C=O) groups excluding carboxylic acids is 1. The summed E-state index contributed by atoms with van der Waals surface area (Å²) in [4.78, 5) is 24.7. The van der Waals surface area contributed by atoms with Crippen molar-refractivity contribution in [1.82, 2.24) is 19.9 Å². The molecule has 0 bridgehead atoms. The van der Waals surface area contributed by atoms with Gasteiger partial charge in [0.2, 0.25) is 5.91 Å². The highest BCUT2D eigenvalue weighted by atomic mass is 35.5. The normalized spacial score (nSPS) is 17.0. The lowest BCUT2D eigenvalue weighted by Gasteiger charge is -2.17. The lowest BCUT2D eigenvalue weighted by molar-refractivity contribution is -0.131. The predicted octanol–water partition coefficient (Wildman–Crippen LogP) is 1.31. The van der Waals surface area contributed by atoms with Crippen LogP contribution in [-0.4, -0.2) is 56.1 Å². The average Bonchev–Trinajstić information content (AvgIpc) is 3.19. The molecule has 8 nitrogen and oxygen atoms in total. The van der Waals surface area contributed by atoms with Crippen LogP contribution in [0.15, 0.2) is 30.5 Å². The predicted molar refractivity (Wildman–Crippen MR) is 84.0 cm³/mol. The quantitative estimate of drug-likeness (QED) is 0.873. The molecule has 1 N–H and O–H groups in total. The minimum Gasteiger partial charge on any atom is -0.487 e. The van der Waals surface area contributed by atoms with Gasteiger partial charge in [0.25, 0.3) is 0 Å². The summed E-state index contributed by atoms with van der Waals surface area (Å²) in [7, 11) is 0. The van der Waals surface area contributed by atoms with E-state index in [1.165, 1.54) is 10.9 Å². The number of hydrogen-bond donors (Lipinski definition) is 1. The first-order valence-corrected chi connectivity index (χ1v) is 7.73. The molecule has 1 amide bonds. The Bertz CT molecular complexity index is 763. The number of nitrogens with zero attached hydrogens (tertiary/aromatic N) is 4. The molecule has 0 spiro atoms. The Hall–Kier alpha value is -2.61. The zero-order valence-corrected chi connectivity index (χ0v) is 13.4. The summed E-state index contributed by atoms with van der Waals surface area (Å²) in [6, 6.07) is 7.20. The standard InChI is InChI=1S/C15H15ClN4O4/c16-11-3-1-2-4-13(11)24-10-5-6-19(7-10)14(21)9-20-8-12(15(22)23)17-18-20/h1-4,8,10H,5-7,9H2,(H,22,23). The minimum atomic E-state index is -1.18. The molecule has 0 saturated carbocycles. The fourth-order valence-corrected chi connectivity index (χ4v) is 2.66. The first-order chi connectivity index (χ1) is 11.5. The summed E-state index contributed by atoms with van der Waals surface area (Å²) in [5.74, 6) is -0.744. The van der Waals surface area contributed by atoms with Crippen molar-refractivity contribution >= 4 is 23.5 Å². The topological polar surface area (TPSA) is 97.5 Å². The number of carboxylic acids is 1. The molecule has 1 fully saturated rings. The van der Waals surface area contributed by atoms with E-state index in [2.05, 4.69) is 10.3 Å². The zero-order valence-electron chi connectivity index (χ0n) is 12.6. The molecule has 1 aliphatic rings. The summed E-state index contributed by atoms with van der Waals surface area (Å²) in [6.45, 7) is 0.956. The SMILES string of the molecule is O=C(O)c1cn(CC(=O)N2CCC(Oc3ccccc3Cl)C2)nn1. The lowest BCUT2D eigenvalue weighted by Crippen LogP contribution is -2.33. The molecule has 9 heteroatoms. The number of aromatic nitrogens is 3. The average molecular weight is 351 g/mol. The van der Waals surface area contributed by atoms with Crippen LogP contribution in [0.25, 0.3) is 0 Å². The van der Waals surface area contributed by atoms with Crippen molar-refractivity contribution in [1.29, 1.82) is 0 Å². The number of carbonyl (C=O) groups is 2. The third-order valence-corrected chi connectivity index (χ3v) is 4.00. The number of amides is 1. The first kappa shape index (κ1) is 16.3. The fraction of sp³-hybridized carbons (Fsp3) is 0.333. The summed E-state index contributed by atoms with van der Waals surface area (Å²) >= 11 is 6.06. The van der Waals surface area contributed by atoms with Gasteiger partial charge in [0.05, 0.1) is 17.8 Å². The van der Waals surface area contributed by atoms with E-state index in [1.807, 2.05) is 12.1 Å². The van der Waals surface area contributed by atoms with Crippen LogP contribution in [0.1, 0.15) is 16.9 Å². The van der Waals surface area contributed by atoms with Crippen molar-refractivity contribution in [3.63, 3.8) is 0 Å². The fourth-order valence-electron chi connectivity index (χ4n) is 2.48. The largest absolute Gasteiger partial charge is 0.487 e. The molecule has 126 valence electrons. The number of benzene rings is 1. The molecule has 24 heavy (non-hydrogen) atoms.